The summed E-state index contributed by atoms with van der Waals surface area (Å²) in [4.78, 5) is 23.5. The topological polar surface area (TPSA) is 116 Å². The van der Waals surface area contributed by atoms with E-state index in [0.29, 0.717) is 12.1 Å². The Labute approximate surface area is 121 Å². The van der Waals surface area contributed by atoms with Gasteiger partial charge in [0.2, 0.25) is 0 Å². The zero-order valence-electron chi connectivity index (χ0n) is 11.8. The molecule has 0 spiro atoms. The van der Waals surface area contributed by atoms with Gasteiger partial charge in [-0.2, -0.15) is 0 Å². The number of rotatable bonds is 5. The molecule has 1 saturated heterocycles. The third-order valence-corrected chi connectivity index (χ3v) is 4.28. The first-order valence-corrected chi connectivity index (χ1v) is 6.75. The first-order valence-electron chi connectivity index (χ1n) is 6.75. The van der Waals surface area contributed by atoms with Crippen molar-refractivity contribution in [2.75, 3.05) is 13.1 Å². The Hall–Kier alpha value is -2.06. The summed E-state index contributed by atoms with van der Waals surface area (Å²) in [6.07, 6.45) is -0.131. The lowest BCUT2D eigenvalue weighted by Crippen LogP contribution is -2.71. The Morgan fingerprint density at radius 2 is 1.86 bits per heavy atom. The molecule has 2 rings (SSSR count). The average molecular weight is 294 g/mol. The highest BCUT2D eigenvalue weighted by atomic mass is 16.7. The molecule has 0 bridgehead atoms. The molecular formula is C13H18N4O4. The standard InChI is InChI=1S/C13H18N4O4/c1-2-15-9-8-12(14,16(18)19)13(15,17(20)21)10-11-6-4-3-5-7-11/h3-7H,2,8-10,14H2,1H3. The van der Waals surface area contributed by atoms with Crippen molar-refractivity contribution in [1.29, 1.82) is 0 Å². The molecule has 0 radical (unpaired) electrons. The van der Waals surface area contributed by atoms with Gasteiger partial charge in [0.1, 0.15) is 0 Å². The Morgan fingerprint density at radius 1 is 1.24 bits per heavy atom. The van der Waals surface area contributed by atoms with Crippen molar-refractivity contribution in [3.05, 3.63) is 56.1 Å². The lowest BCUT2D eigenvalue weighted by molar-refractivity contribution is -0.696. The molecule has 114 valence electrons. The molecule has 1 aromatic rings. The number of nitrogens with zero attached hydrogens (tertiary/aromatic N) is 3. The minimum absolute atomic E-state index is 0.0400. The second kappa shape index (κ2) is 5.38. The summed E-state index contributed by atoms with van der Waals surface area (Å²) in [7, 11) is 0. The van der Waals surface area contributed by atoms with E-state index in [1.807, 2.05) is 0 Å². The van der Waals surface area contributed by atoms with E-state index >= 15 is 0 Å². The number of nitrogens with two attached hydrogens (primary N) is 1. The Bertz CT molecular complexity index is 552. The molecule has 8 nitrogen and oxygen atoms in total. The highest BCUT2D eigenvalue weighted by molar-refractivity contribution is 5.20. The van der Waals surface area contributed by atoms with Gasteiger partial charge in [0.25, 0.3) is 0 Å². The van der Waals surface area contributed by atoms with Crippen molar-refractivity contribution in [3.8, 4) is 0 Å². The van der Waals surface area contributed by atoms with Gasteiger partial charge in [-0.15, -0.1) is 0 Å². The normalized spacial score (nSPS) is 29.4. The van der Waals surface area contributed by atoms with Crippen LogP contribution in [0, 0.1) is 20.2 Å². The molecule has 1 aliphatic heterocycles. The number of hydrogen-bond donors (Lipinski definition) is 1. The van der Waals surface area contributed by atoms with E-state index in [2.05, 4.69) is 0 Å². The van der Waals surface area contributed by atoms with E-state index in [1.54, 1.807) is 37.3 Å². The molecule has 21 heavy (non-hydrogen) atoms. The van der Waals surface area contributed by atoms with Crippen LogP contribution in [0.4, 0.5) is 0 Å². The lowest BCUT2D eigenvalue weighted by Gasteiger charge is -2.34. The highest BCUT2D eigenvalue weighted by Gasteiger charge is 2.75. The number of likely N-dealkylation sites (N-methyl/N-ethyl adjacent to an activating group) is 1. The van der Waals surface area contributed by atoms with E-state index in [4.69, 9.17) is 5.73 Å². The first kappa shape index (κ1) is 15.3. The van der Waals surface area contributed by atoms with E-state index in [1.165, 1.54) is 4.90 Å². The van der Waals surface area contributed by atoms with Gasteiger partial charge < -0.3 is 0 Å². The number of hydrogen-bond acceptors (Lipinski definition) is 6. The minimum Gasteiger partial charge on any atom is -0.262 e. The fourth-order valence-electron chi connectivity index (χ4n) is 3.10. The Morgan fingerprint density at radius 3 is 2.33 bits per heavy atom. The van der Waals surface area contributed by atoms with Crippen molar-refractivity contribution >= 4 is 0 Å². The Kier molecular flexibility index (Phi) is 3.93. The van der Waals surface area contributed by atoms with Gasteiger partial charge in [-0.05, 0) is 5.56 Å². The summed E-state index contributed by atoms with van der Waals surface area (Å²) < 4.78 is 0. The molecule has 1 fully saturated rings. The molecule has 0 amide bonds. The molecule has 8 heteroatoms. The summed E-state index contributed by atoms with van der Waals surface area (Å²) in [5.41, 5.74) is 2.55. The molecule has 1 aromatic carbocycles. The smallest absolute Gasteiger partial charge is 0.262 e. The quantitative estimate of drug-likeness (QED) is 0.489. The highest BCUT2D eigenvalue weighted by Crippen LogP contribution is 2.40. The Balaban J connectivity index is 2.55. The fourth-order valence-corrected chi connectivity index (χ4v) is 3.10. The average Bonchev–Trinajstić information content (AvgIpc) is 2.75. The number of benzene rings is 1. The van der Waals surface area contributed by atoms with Gasteiger partial charge in [-0.1, -0.05) is 37.3 Å². The summed E-state index contributed by atoms with van der Waals surface area (Å²) in [6, 6.07) is 8.73. The van der Waals surface area contributed by atoms with Crippen LogP contribution < -0.4 is 5.73 Å². The van der Waals surface area contributed by atoms with Crippen molar-refractivity contribution < 1.29 is 9.85 Å². The van der Waals surface area contributed by atoms with E-state index < -0.39 is 21.2 Å². The maximum absolute atomic E-state index is 11.8. The van der Waals surface area contributed by atoms with Gasteiger partial charge in [0.15, 0.2) is 0 Å². The van der Waals surface area contributed by atoms with Gasteiger partial charge in [0.05, 0.1) is 22.7 Å². The van der Waals surface area contributed by atoms with Crippen LogP contribution in [0.5, 0.6) is 0 Å². The van der Waals surface area contributed by atoms with Crippen LogP contribution in [-0.4, -0.2) is 39.2 Å². The van der Waals surface area contributed by atoms with Crippen molar-refractivity contribution in [2.45, 2.75) is 31.1 Å². The largest absolute Gasteiger partial charge is 0.365 e. The maximum Gasteiger partial charge on any atom is 0.365 e. The minimum atomic E-state index is -2.09. The molecule has 2 atom stereocenters. The van der Waals surface area contributed by atoms with Crippen molar-refractivity contribution in [2.24, 2.45) is 5.73 Å². The van der Waals surface area contributed by atoms with Crippen LogP contribution in [0.2, 0.25) is 0 Å². The SMILES string of the molecule is CCN1CCC(N)([N+](=O)[O-])C1(Cc1ccccc1)[N+](=O)[O-]. The zero-order chi connectivity index (χ0) is 15.7. The van der Waals surface area contributed by atoms with E-state index in [0.717, 1.165) is 0 Å². The van der Waals surface area contributed by atoms with Crippen LogP contribution in [0.25, 0.3) is 0 Å². The lowest BCUT2D eigenvalue weighted by atomic mass is 9.88. The zero-order valence-corrected chi connectivity index (χ0v) is 11.8. The fraction of sp³-hybridized carbons (Fsp3) is 0.538. The number of likely N-dealkylation sites (tertiary alicyclic amines) is 1. The molecule has 0 aromatic heterocycles. The molecule has 0 saturated carbocycles. The molecule has 0 aliphatic carbocycles. The maximum atomic E-state index is 11.8. The van der Waals surface area contributed by atoms with Crippen LogP contribution in [0.15, 0.2) is 30.3 Å². The third kappa shape index (κ3) is 2.16. The molecular weight excluding hydrogens is 276 g/mol. The van der Waals surface area contributed by atoms with Gasteiger partial charge >= 0.3 is 11.3 Å². The van der Waals surface area contributed by atoms with Gasteiger partial charge in [0, 0.05) is 13.1 Å². The van der Waals surface area contributed by atoms with Gasteiger partial charge in [-0.3, -0.25) is 26.0 Å². The van der Waals surface area contributed by atoms with Crippen LogP contribution in [0.3, 0.4) is 0 Å². The molecule has 1 aliphatic rings. The monoisotopic (exact) mass is 294 g/mol. The summed E-state index contributed by atoms with van der Waals surface area (Å²) in [5.74, 6) is 0. The van der Waals surface area contributed by atoms with Crippen molar-refractivity contribution in [1.82, 2.24) is 4.90 Å². The van der Waals surface area contributed by atoms with Crippen molar-refractivity contribution in [3.63, 3.8) is 0 Å². The summed E-state index contributed by atoms with van der Waals surface area (Å²) in [5, 5.41) is 23.2. The van der Waals surface area contributed by atoms with E-state index in [-0.39, 0.29) is 19.4 Å². The van der Waals surface area contributed by atoms with E-state index in [9.17, 15) is 20.2 Å². The predicted molar refractivity (Wildman–Crippen MR) is 75.6 cm³/mol. The summed E-state index contributed by atoms with van der Waals surface area (Å²) >= 11 is 0. The predicted octanol–water partition coefficient (Wildman–Crippen LogP) is 0.859. The van der Waals surface area contributed by atoms with Gasteiger partial charge in [-0.25, -0.2) is 4.90 Å². The first-order chi connectivity index (χ1) is 9.88. The van der Waals surface area contributed by atoms with Crippen LogP contribution >= 0.6 is 0 Å². The third-order valence-electron chi connectivity index (χ3n) is 4.28. The van der Waals surface area contributed by atoms with Crippen LogP contribution in [-0.2, 0) is 6.42 Å². The molecule has 2 N–H and O–H groups in total. The summed E-state index contributed by atoms with van der Waals surface area (Å²) in [6.45, 7) is 2.32. The van der Waals surface area contributed by atoms with Crippen LogP contribution in [0.1, 0.15) is 18.9 Å². The molecule has 2 unspecified atom stereocenters. The second-order valence-electron chi connectivity index (χ2n) is 5.25. The molecule has 1 heterocycles. The number of nitro groups is 2. The second-order valence-corrected chi connectivity index (χ2v) is 5.25.